The van der Waals surface area contributed by atoms with E-state index in [9.17, 15) is 14.7 Å². The third-order valence-corrected chi connectivity index (χ3v) is 6.21. The molecule has 1 saturated carbocycles. The highest BCUT2D eigenvalue weighted by Crippen LogP contribution is 2.53. The lowest BCUT2D eigenvalue weighted by Crippen LogP contribution is -2.42. The third-order valence-electron chi connectivity index (χ3n) is 5.95. The molecule has 3 heterocycles. The van der Waals surface area contributed by atoms with Crippen molar-refractivity contribution in [1.29, 1.82) is 0 Å². The van der Waals surface area contributed by atoms with Crippen LogP contribution in [0.3, 0.4) is 0 Å². The number of nitrogens with zero attached hydrogens (tertiary/aromatic N) is 4. The lowest BCUT2D eigenvalue weighted by Gasteiger charge is -2.09. The molecule has 10 heteroatoms. The highest BCUT2D eigenvalue weighted by Gasteiger charge is 2.54. The van der Waals surface area contributed by atoms with Crippen molar-refractivity contribution in [2.45, 2.75) is 44.0 Å². The smallest absolute Gasteiger partial charge is 0.331 e. The fourth-order valence-corrected chi connectivity index (χ4v) is 4.29. The topological polar surface area (TPSA) is 115 Å². The van der Waals surface area contributed by atoms with Gasteiger partial charge in [0, 0.05) is 43.2 Å². The van der Waals surface area contributed by atoms with Crippen molar-refractivity contribution in [3.63, 3.8) is 0 Å². The van der Waals surface area contributed by atoms with Crippen LogP contribution in [0.4, 0.5) is 0 Å². The zero-order valence-corrected chi connectivity index (χ0v) is 17.0. The van der Waals surface area contributed by atoms with E-state index in [0.717, 1.165) is 10.1 Å². The highest BCUT2D eigenvalue weighted by molar-refractivity contribution is 6.30. The van der Waals surface area contributed by atoms with Gasteiger partial charge >= 0.3 is 5.69 Å². The summed E-state index contributed by atoms with van der Waals surface area (Å²) >= 11 is 5.92. The van der Waals surface area contributed by atoms with Gasteiger partial charge in [0.1, 0.15) is 6.54 Å². The quantitative estimate of drug-likeness (QED) is 0.613. The van der Waals surface area contributed by atoms with Crippen LogP contribution in [0, 0.1) is 0 Å². The predicted molar refractivity (Wildman–Crippen MR) is 107 cm³/mol. The van der Waals surface area contributed by atoms with E-state index < -0.39 is 11.3 Å². The Balaban J connectivity index is 1.34. The van der Waals surface area contributed by atoms with Crippen molar-refractivity contribution in [3.05, 3.63) is 78.7 Å². The average Bonchev–Trinajstić information content (AvgIpc) is 3.08. The van der Waals surface area contributed by atoms with Crippen LogP contribution in [0.15, 0.2) is 38.4 Å². The Morgan fingerprint density at radius 2 is 2.07 bits per heavy atom. The molecular weight excluding hydrogens is 410 g/mol. The van der Waals surface area contributed by atoms with Gasteiger partial charge in [-0.3, -0.25) is 13.9 Å². The van der Waals surface area contributed by atoms with E-state index in [0.29, 0.717) is 41.6 Å². The molecule has 1 unspecified atom stereocenters. The summed E-state index contributed by atoms with van der Waals surface area (Å²) in [7, 11) is 1.64. The second kappa shape index (κ2) is 6.90. The summed E-state index contributed by atoms with van der Waals surface area (Å²) in [6, 6.07) is 7.40. The Bertz CT molecular complexity index is 1250. The van der Waals surface area contributed by atoms with Gasteiger partial charge in [-0.15, -0.1) is 0 Å². The minimum absolute atomic E-state index is 0.0177. The van der Waals surface area contributed by atoms with Crippen molar-refractivity contribution in [3.8, 4) is 0 Å². The van der Waals surface area contributed by atoms with Gasteiger partial charge in [-0.25, -0.2) is 4.79 Å². The first-order valence-electron chi connectivity index (χ1n) is 9.67. The van der Waals surface area contributed by atoms with Crippen LogP contribution in [0.5, 0.6) is 0 Å². The maximum absolute atomic E-state index is 12.7. The zero-order valence-electron chi connectivity index (χ0n) is 16.3. The van der Waals surface area contributed by atoms with Gasteiger partial charge in [-0.1, -0.05) is 28.9 Å². The van der Waals surface area contributed by atoms with Gasteiger partial charge in [0.25, 0.3) is 5.56 Å². The third kappa shape index (κ3) is 3.19. The van der Waals surface area contributed by atoms with E-state index in [2.05, 4.69) is 15.5 Å². The molecule has 156 valence electrons. The number of aliphatic hydroxyl groups is 1. The SMILES string of the molecule is Cn1c2c(c(=O)n(Cc3nc(C[C@]4(O)CC4c4ccc(Cl)cc4)no3)c1=O)CNC2. The monoisotopic (exact) mass is 429 g/mol. The molecule has 2 atom stereocenters. The van der Waals surface area contributed by atoms with E-state index in [1.54, 1.807) is 19.2 Å². The standard InChI is InChI=1S/C20H20ClN5O4/c1-25-15-9-22-8-13(15)18(27)26(19(25)28)10-17-23-16(24-30-17)7-20(29)6-14(20)11-2-4-12(21)5-3-11/h2-5,14,22,29H,6-10H2,1H3/t14?,20-/m1/s1. The predicted octanol–water partition coefficient (Wildman–Crippen LogP) is 0.696. The normalized spacial score (nSPS) is 22.3. The first kappa shape index (κ1) is 19.2. The maximum Gasteiger partial charge on any atom is 0.331 e. The second-order valence-electron chi connectivity index (χ2n) is 7.95. The molecule has 9 nitrogen and oxygen atoms in total. The van der Waals surface area contributed by atoms with Gasteiger partial charge < -0.3 is 14.9 Å². The van der Waals surface area contributed by atoms with E-state index in [1.165, 1.54) is 4.57 Å². The largest absolute Gasteiger partial charge is 0.389 e. The summed E-state index contributed by atoms with van der Waals surface area (Å²) in [6.07, 6.45) is 0.821. The van der Waals surface area contributed by atoms with Gasteiger partial charge in [-0.2, -0.15) is 4.98 Å². The first-order chi connectivity index (χ1) is 14.4. The Kier molecular flexibility index (Phi) is 4.42. The van der Waals surface area contributed by atoms with E-state index in [4.69, 9.17) is 16.1 Å². The van der Waals surface area contributed by atoms with Crippen molar-refractivity contribution in [2.75, 3.05) is 0 Å². The van der Waals surface area contributed by atoms with Crippen molar-refractivity contribution >= 4 is 11.6 Å². The number of hydrogen-bond acceptors (Lipinski definition) is 7. The van der Waals surface area contributed by atoms with Crippen molar-refractivity contribution in [1.82, 2.24) is 24.6 Å². The molecule has 1 aromatic carbocycles. The molecule has 0 spiro atoms. The van der Waals surface area contributed by atoms with Crippen LogP contribution in [0.25, 0.3) is 0 Å². The number of fused-ring (bicyclic) bond motifs is 1. The summed E-state index contributed by atoms with van der Waals surface area (Å²) in [5, 5.41) is 18.5. The second-order valence-corrected chi connectivity index (χ2v) is 8.39. The van der Waals surface area contributed by atoms with Crippen molar-refractivity contribution in [2.24, 2.45) is 7.05 Å². The molecule has 0 bridgehead atoms. The van der Waals surface area contributed by atoms with Crippen molar-refractivity contribution < 1.29 is 9.63 Å². The van der Waals surface area contributed by atoms with E-state index >= 15 is 0 Å². The number of rotatable bonds is 5. The molecule has 1 aliphatic carbocycles. The molecule has 3 aromatic rings. The molecule has 2 aromatic heterocycles. The molecule has 2 aliphatic rings. The van der Waals surface area contributed by atoms with Crippen LogP contribution >= 0.6 is 11.6 Å². The van der Waals surface area contributed by atoms with E-state index in [1.807, 2.05) is 12.1 Å². The highest BCUT2D eigenvalue weighted by atomic mass is 35.5. The summed E-state index contributed by atoms with van der Waals surface area (Å²) in [4.78, 5) is 29.6. The molecule has 1 fully saturated rings. The number of halogens is 1. The number of benzene rings is 1. The molecule has 0 radical (unpaired) electrons. The van der Waals surface area contributed by atoms with Crippen LogP contribution in [0.2, 0.25) is 5.02 Å². The van der Waals surface area contributed by atoms with Gasteiger partial charge in [0.2, 0.25) is 5.89 Å². The van der Waals surface area contributed by atoms with Gasteiger partial charge in [0.05, 0.1) is 11.2 Å². The molecule has 0 amide bonds. The number of hydrogen-bond donors (Lipinski definition) is 2. The summed E-state index contributed by atoms with van der Waals surface area (Å²) < 4.78 is 7.83. The molecule has 1 aliphatic heterocycles. The minimum Gasteiger partial charge on any atom is -0.389 e. The molecule has 5 rings (SSSR count). The minimum atomic E-state index is -0.943. The summed E-state index contributed by atoms with van der Waals surface area (Å²) in [5.74, 6) is 0.481. The zero-order chi connectivity index (χ0) is 21.0. The van der Waals surface area contributed by atoms with E-state index in [-0.39, 0.29) is 30.3 Å². The Morgan fingerprint density at radius 1 is 1.30 bits per heavy atom. The first-order valence-corrected chi connectivity index (χ1v) is 10.0. The summed E-state index contributed by atoms with van der Waals surface area (Å²) in [5.41, 5.74) is 0.576. The fourth-order valence-electron chi connectivity index (χ4n) is 4.17. The molecular formula is C20H20ClN5O4. The lowest BCUT2D eigenvalue weighted by molar-refractivity contribution is 0.140. The Labute approximate surface area is 175 Å². The Hall–Kier alpha value is -2.75. The van der Waals surface area contributed by atoms with Crippen LogP contribution < -0.4 is 16.6 Å². The van der Waals surface area contributed by atoms with Gasteiger partial charge in [-0.05, 0) is 24.1 Å². The molecule has 30 heavy (non-hydrogen) atoms. The average molecular weight is 430 g/mol. The Morgan fingerprint density at radius 3 is 2.83 bits per heavy atom. The molecule has 2 N–H and O–H groups in total. The van der Waals surface area contributed by atoms with Crippen LogP contribution in [-0.4, -0.2) is 30.0 Å². The van der Waals surface area contributed by atoms with Crippen LogP contribution in [0.1, 0.15) is 40.9 Å². The van der Waals surface area contributed by atoms with Gasteiger partial charge in [0.15, 0.2) is 5.82 Å². The maximum atomic E-state index is 12.7. The van der Waals surface area contributed by atoms with Crippen LogP contribution in [-0.2, 0) is 33.1 Å². The number of nitrogens with one attached hydrogen (secondary N) is 1. The lowest BCUT2D eigenvalue weighted by atomic mass is 10.1. The fraction of sp³-hybridized carbons (Fsp3) is 0.400. The summed E-state index contributed by atoms with van der Waals surface area (Å²) in [6.45, 7) is 0.816. The molecule has 0 saturated heterocycles. The number of aromatic nitrogens is 4.